The number of aromatic nitrogens is 2. The van der Waals surface area contributed by atoms with Gasteiger partial charge in [-0.15, -0.1) is 0 Å². The minimum atomic E-state index is -0.0852. The first kappa shape index (κ1) is 19.6. The largest absolute Gasteiger partial charge is 0.382 e. The van der Waals surface area contributed by atoms with Crippen LogP contribution >= 0.6 is 15.9 Å². The quantitative estimate of drug-likeness (QED) is 0.646. The van der Waals surface area contributed by atoms with Gasteiger partial charge in [-0.25, -0.2) is 4.68 Å². The fourth-order valence-electron chi connectivity index (χ4n) is 2.35. The first-order chi connectivity index (χ1) is 12.0. The van der Waals surface area contributed by atoms with Crippen molar-refractivity contribution >= 4 is 21.8 Å². The topological polar surface area (TPSA) is 65.4 Å². The third-order valence-electron chi connectivity index (χ3n) is 3.76. The third kappa shape index (κ3) is 5.39. The number of ether oxygens (including phenoxy) is 2. The van der Waals surface area contributed by atoms with Crippen molar-refractivity contribution in [2.45, 2.75) is 20.3 Å². The maximum atomic E-state index is 12.2. The summed E-state index contributed by atoms with van der Waals surface area (Å²) in [5.41, 5.74) is 3.52. The van der Waals surface area contributed by atoms with E-state index in [0.29, 0.717) is 31.9 Å². The van der Waals surface area contributed by atoms with Crippen LogP contribution in [0.2, 0.25) is 0 Å². The molecule has 0 saturated heterocycles. The zero-order valence-electron chi connectivity index (χ0n) is 14.8. The maximum absolute atomic E-state index is 12.2. The van der Waals surface area contributed by atoms with Crippen molar-refractivity contribution in [2.24, 2.45) is 0 Å². The molecule has 0 bridgehead atoms. The lowest BCUT2D eigenvalue weighted by atomic mass is 10.2. The summed E-state index contributed by atoms with van der Waals surface area (Å²) in [4.78, 5) is 12.2. The summed E-state index contributed by atoms with van der Waals surface area (Å²) in [7, 11) is 1.64. The van der Waals surface area contributed by atoms with E-state index >= 15 is 0 Å². The molecule has 25 heavy (non-hydrogen) atoms. The lowest BCUT2D eigenvalue weighted by molar-refractivity contribution is 0.0688. The van der Waals surface area contributed by atoms with Gasteiger partial charge in [0.05, 0.1) is 34.8 Å². The number of rotatable bonds is 9. The molecule has 1 heterocycles. The van der Waals surface area contributed by atoms with Crippen LogP contribution in [-0.2, 0) is 9.47 Å². The normalized spacial score (nSPS) is 10.9. The summed E-state index contributed by atoms with van der Waals surface area (Å²) >= 11 is 3.53. The smallest absolute Gasteiger partial charge is 0.251 e. The molecule has 0 aliphatic rings. The lowest BCUT2D eigenvalue weighted by Crippen LogP contribution is -2.25. The van der Waals surface area contributed by atoms with Crippen LogP contribution in [0.25, 0.3) is 5.69 Å². The van der Waals surface area contributed by atoms with Crippen molar-refractivity contribution in [1.82, 2.24) is 15.1 Å². The second-order valence-electron chi connectivity index (χ2n) is 5.66. The molecule has 0 fully saturated rings. The molecule has 1 aromatic heterocycles. The summed E-state index contributed by atoms with van der Waals surface area (Å²) in [5.74, 6) is -0.0852. The van der Waals surface area contributed by atoms with Gasteiger partial charge in [-0.2, -0.15) is 5.10 Å². The van der Waals surface area contributed by atoms with Gasteiger partial charge in [-0.3, -0.25) is 4.79 Å². The minimum absolute atomic E-state index is 0.0852. The Morgan fingerprint density at radius 3 is 2.52 bits per heavy atom. The molecule has 2 aromatic rings. The lowest BCUT2D eigenvalue weighted by Gasteiger charge is -2.08. The standard InChI is InChI=1S/C18H24BrN3O3/c1-13-17(19)14(2)22(21-13)16-7-5-15(6-8-16)18(23)20-9-4-10-25-12-11-24-3/h5-8H,4,9-12H2,1-3H3,(H,20,23). The SMILES string of the molecule is COCCOCCCNC(=O)c1ccc(-n2nc(C)c(Br)c2C)cc1. The number of hydrogen-bond acceptors (Lipinski definition) is 4. The van der Waals surface area contributed by atoms with E-state index in [0.717, 1.165) is 28.0 Å². The Labute approximate surface area is 156 Å². The van der Waals surface area contributed by atoms with Gasteiger partial charge in [0.25, 0.3) is 5.91 Å². The van der Waals surface area contributed by atoms with Crippen LogP contribution in [0, 0.1) is 13.8 Å². The Morgan fingerprint density at radius 1 is 1.20 bits per heavy atom. The van der Waals surface area contributed by atoms with Gasteiger partial charge in [0.1, 0.15) is 0 Å². The molecule has 0 aliphatic carbocycles. The van der Waals surface area contributed by atoms with Gasteiger partial charge in [0.2, 0.25) is 0 Å². The van der Waals surface area contributed by atoms with Crippen LogP contribution < -0.4 is 5.32 Å². The van der Waals surface area contributed by atoms with E-state index in [9.17, 15) is 4.79 Å². The van der Waals surface area contributed by atoms with Gasteiger partial charge >= 0.3 is 0 Å². The average molecular weight is 410 g/mol. The Balaban J connectivity index is 1.85. The minimum Gasteiger partial charge on any atom is -0.382 e. The zero-order valence-corrected chi connectivity index (χ0v) is 16.4. The molecule has 0 saturated carbocycles. The van der Waals surface area contributed by atoms with E-state index in [4.69, 9.17) is 9.47 Å². The number of benzene rings is 1. The van der Waals surface area contributed by atoms with Crippen LogP contribution in [0.1, 0.15) is 28.2 Å². The second-order valence-corrected chi connectivity index (χ2v) is 6.45. The monoisotopic (exact) mass is 409 g/mol. The molecule has 0 unspecified atom stereocenters. The molecule has 0 spiro atoms. The van der Waals surface area contributed by atoms with Crippen LogP contribution in [0.4, 0.5) is 0 Å². The fraction of sp³-hybridized carbons (Fsp3) is 0.444. The van der Waals surface area contributed by atoms with Crippen LogP contribution in [0.15, 0.2) is 28.7 Å². The highest BCUT2D eigenvalue weighted by Crippen LogP contribution is 2.23. The number of hydrogen-bond donors (Lipinski definition) is 1. The third-order valence-corrected chi connectivity index (χ3v) is 4.91. The van der Waals surface area contributed by atoms with Crippen molar-refractivity contribution in [1.29, 1.82) is 0 Å². The van der Waals surface area contributed by atoms with Crippen LogP contribution in [-0.4, -0.2) is 49.2 Å². The molecule has 0 atom stereocenters. The highest BCUT2D eigenvalue weighted by atomic mass is 79.9. The number of aryl methyl sites for hydroxylation is 1. The summed E-state index contributed by atoms with van der Waals surface area (Å²) in [5, 5.41) is 7.39. The van der Waals surface area contributed by atoms with E-state index in [1.807, 2.05) is 42.8 Å². The average Bonchev–Trinajstić information content (AvgIpc) is 2.88. The molecular weight excluding hydrogens is 386 g/mol. The Kier molecular flexibility index (Phi) is 7.61. The fourth-order valence-corrected chi connectivity index (χ4v) is 2.60. The molecule has 1 aromatic carbocycles. The Hall–Kier alpha value is -1.70. The summed E-state index contributed by atoms with van der Waals surface area (Å²) in [6.07, 6.45) is 0.771. The van der Waals surface area contributed by atoms with Crippen molar-refractivity contribution in [2.75, 3.05) is 33.5 Å². The first-order valence-corrected chi connectivity index (χ1v) is 9.01. The van der Waals surface area contributed by atoms with Gasteiger partial charge in [-0.05, 0) is 60.5 Å². The number of carbonyl (C=O) groups is 1. The van der Waals surface area contributed by atoms with E-state index in [-0.39, 0.29) is 5.91 Å². The number of methoxy groups -OCH3 is 1. The van der Waals surface area contributed by atoms with E-state index in [1.54, 1.807) is 7.11 Å². The highest BCUT2D eigenvalue weighted by molar-refractivity contribution is 9.10. The molecule has 6 nitrogen and oxygen atoms in total. The number of nitrogens with zero attached hydrogens (tertiary/aromatic N) is 2. The van der Waals surface area contributed by atoms with Crippen molar-refractivity contribution in [3.63, 3.8) is 0 Å². The molecule has 1 N–H and O–H groups in total. The molecule has 2 rings (SSSR count). The molecule has 0 aliphatic heterocycles. The van der Waals surface area contributed by atoms with Crippen molar-refractivity contribution in [3.8, 4) is 5.69 Å². The second kappa shape index (κ2) is 9.70. The number of halogens is 1. The van der Waals surface area contributed by atoms with Crippen LogP contribution in [0.3, 0.4) is 0 Å². The van der Waals surface area contributed by atoms with E-state index in [2.05, 4.69) is 26.3 Å². The molecule has 7 heteroatoms. The molecule has 136 valence electrons. The predicted octanol–water partition coefficient (Wildman–Crippen LogP) is 3.03. The summed E-state index contributed by atoms with van der Waals surface area (Å²) in [6, 6.07) is 7.41. The van der Waals surface area contributed by atoms with E-state index in [1.165, 1.54) is 0 Å². The van der Waals surface area contributed by atoms with Crippen molar-refractivity contribution < 1.29 is 14.3 Å². The Bertz CT molecular complexity index is 698. The molecule has 1 amide bonds. The van der Waals surface area contributed by atoms with Crippen molar-refractivity contribution in [3.05, 3.63) is 45.7 Å². The van der Waals surface area contributed by atoms with Gasteiger partial charge in [0, 0.05) is 25.8 Å². The van der Waals surface area contributed by atoms with E-state index < -0.39 is 0 Å². The number of carbonyl (C=O) groups excluding carboxylic acids is 1. The number of nitrogens with one attached hydrogen (secondary N) is 1. The molecular formula is C18H24BrN3O3. The first-order valence-electron chi connectivity index (χ1n) is 8.21. The van der Waals surface area contributed by atoms with Gasteiger partial charge in [-0.1, -0.05) is 0 Å². The van der Waals surface area contributed by atoms with Crippen LogP contribution in [0.5, 0.6) is 0 Å². The summed E-state index contributed by atoms with van der Waals surface area (Å²) < 4.78 is 13.1. The molecule has 0 radical (unpaired) electrons. The summed E-state index contributed by atoms with van der Waals surface area (Å²) in [6.45, 7) is 6.31. The van der Waals surface area contributed by atoms with Gasteiger partial charge < -0.3 is 14.8 Å². The Morgan fingerprint density at radius 2 is 1.92 bits per heavy atom. The zero-order chi connectivity index (χ0) is 18.2. The maximum Gasteiger partial charge on any atom is 0.251 e. The highest BCUT2D eigenvalue weighted by Gasteiger charge is 2.11. The van der Waals surface area contributed by atoms with Gasteiger partial charge in [0.15, 0.2) is 0 Å². The predicted molar refractivity (Wildman–Crippen MR) is 100 cm³/mol. The number of amides is 1.